The summed E-state index contributed by atoms with van der Waals surface area (Å²) in [6.45, 7) is 1.79. The van der Waals surface area contributed by atoms with E-state index in [1.165, 1.54) is 18.4 Å². The highest BCUT2D eigenvalue weighted by atomic mass is 32.2. The Balaban J connectivity index is 1.52. The van der Waals surface area contributed by atoms with Gasteiger partial charge in [0.05, 0.1) is 4.90 Å². The van der Waals surface area contributed by atoms with Crippen LogP contribution in [0.5, 0.6) is 0 Å². The number of nitrogens with zero attached hydrogens (tertiary/aromatic N) is 3. The summed E-state index contributed by atoms with van der Waals surface area (Å²) >= 11 is 0. The zero-order valence-electron chi connectivity index (χ0n) is 16.7. The van der Waals surface area contributed by atoms with Gasteiger partial charge in [0.1, 0.15) is 5.82 Å². The van der Waals surface area contributed by atoms with Crippen LogP contribution in [-0.4, -0.2) is 57.0 Å². The van der Waals surface area contributed by atoms with Gasteiger partial charge in [-0.25, -0.2) is 22.5 Å². The number of amides is 2. The van der Waals surface area contributed by atoms with Gasteiger partial charge in [-0.1, -0.05) is 24.3 Å². The van der Waals surface area contributed by atoms with Crippen LogP contribution in [0.4, 0.5) is 10.6 Å². The molecular weight excluding hydrogens is 390 g/mol. The number of urea groups is 1. The number of hydrogen-bond acceptors (Lipinski definition) is 5. The Bertz CT molecular complexity index is 926. The van der Waals surface area contributed by atoms with Crippen LogP contribution >= 0.6 is 0 Å². The second kappa shape index (κ2) is 9.23. The number of rotatable bonds is 6. The lowest BCUT2D eigenvalue weighted by atomic mass is 10.1. The number of pyridine rings is 1. The van der Waals surface area contributed by atoms with Crippen molar-refractivity contribution in [2.45, 2.75) is 30.3 Å². The zero-order chi connectivity index (χ0) is 20.9. The summed E-state index contributed by atoms with van der Waals surface area (Å²) in [5, 5.41) is 5.77. The van der Waals surface area contributed by atoms with Crippen molar-refractivity contribution in [3.8, 4) is 0 Å². The van der Waals surface area contributed by atoms with Crippen molar-refractivity contribution in [3.63, 3.8) is 0 Å². The van der Waals surface area contributed by atoms with E-state index in [1.807, 2.05) is 18.2 Å². The third-order valence-electron chi connectivity index (χ3n) is 4.97. The number of nitrogens with one attached hydrogen (secondary N) is 2. The topological polar surface area (TPSA) is 94.6 Å². The molecule has 1 fully saturated rings. The summed E-state index contributed by atoms with van der Waals surface area (Å²) in [6, 6.07) is 12.3. The summed E-state index contributed by atoms with van der Waals surface area (Å²) in [6.07, 6.45) is 3.44. The zero-order valence-corrected chi connectivity index (χ0v) is 17.5. The molecule has 0 unspecified atom stereocenters. The van der Waals surface area contributed by atoms with Crippen molar-refractivity contribution < 1.29 is 13.2 Å². The van der Waals surface area contributed by atoms with Gasteiger partial charge in [0, 0.05) is 46.0 Å². The summed E-state index contributed by atoms with van der Waals surface area (Å²) in [5.41, 5.74) is 0.557. The van der Waals surface area contributed by atoms with Crippen molar-refractivity contribution in [1.82, 2.24) is 19.9 Å². The first-order valence-corrected chi connectivity index (χ1v) is 11.0. The predicted molar refractivity (Wildman–Crippen MR) is 112 cm³/mol. The highest BCUT2D eigenvalue weighted by Gasteiger charge is 2.23. The van der Waals surface area contributed by atoms with E-state index < -0.39 is 10.0 Å². The largest absolute Gasteiger partial charge is 0.356 e. The van der Waals surface area contributed by atoms with E-state index in [-0.39, 0.29) is 23.5 Å². The molecule has 1 aliphatic rings. The first-order valence-electron chi connectivity index (χ1n) is 9.58. The number of carbonyl (C=O) groups excluding carboxylic acids is 1. The number of sulfonamides is 1. The minimum atomic E-state index is -3.56. The average Bonchev–Trinajstić information content (AvgIpc) is 2.73. The van der Waals surface area contributed by atoms with Gasteiger partial charge in [0.2, 0.25) is 10.0 Å². The lowest BCUT2D eigenvalue weighted by molar-refractivity contribution is 0.234. The van der Waals surface area contributed by atoms with Gasteiger partial charge in [-0.2, -0.15) is 0 Å². The molecule has 0 saturated carbocycles. The molecule has 0 atom stereocenters. The highest BCUT2D eigenvalue weighted by molar-refractivity contribution is 7.89. The standard InChI is InChI=1S/C20H27N5O3S/c1-24(2)29(27,28)18-8-4-3-7-16(18)15-22-20(26)23-17-10-13-25(14-11-17)19-9-5-6-12-21-19/h3-9,12,17H,10-11,13-15H2,1-2H3,(H2,22,23,26). The van der Waals surface area contributed by atoms with Crippen LogP contribution in [0.15, 0.2) is 53.6 Å². The molecule has 0 radical (unpaired) electrons. The summed E-state index contributed by atoms with van der Waals surface area (Å²) in [4.78, 5) is 19.1. The molecular formula is C20H27N5O3S. The van der Waals surface area contributed by atoms with Gasteiger partial charge in [-0.15, -0.1) is 0 Å². The van der Waals surface area contributed by atoms with Crippen LogP contribution in [0.1, 0.15) is 18.4 Å². The Hall–Kier alpha value is -2.65. The third kappa shape index (κ3) is 5.24. The SMILES string of the molecule is CN(C)S(=O)(=O)c1ccccc1CNC(=O)NC1CCN(c2ccccn2)CC1. The second-order valence-corrected chi connectivity index (χ2v) is 9.29. The molecule has 1 aromatic carbocycles. The predicted octanol–water partition coefficient (Wildman–Crippen LogP) is 1.80. The van der Waals surface area contributed by atoms with E-state index in [9.17, 15) is 13.2 Å². The molecule has 8 nitrogen and oxygen atoms in total. The molecule has 2 amide bonds. The molecule has 3 rings (SSSR count). The molecule has 1 aromatic heterocycles. The smallest absolute Gasteiger partial charge is 0.315 e. The molecule has 1 saturated heterocycles. The fourth-order valence-electron chi connectivity index (χ4n) is 3.30. The molecule has 1 aliphatic heterocycles. The van der Waals surface area contributed by atoms with Crippen molar-refractivity contribution >= 4 is 21.9 Å². The monoisotopic (exact) mass is 417 g/mol. The molecule has 0 bridgehead atoms. The number of aromatic nitrogens is 1. The van der Waals surface area contributed by atoms with Crippen LogP contribution in [-0.2, 0) is 16.6 Å². The molecule has 9 heteroatoms. The van der Waals surface area contributed by atoms with Gasteiger partial charge >= 0.3 is 6.03 Å². The normalized spacial score (nSPS) is 15.3. The Morgan fingerprint density at radius 3 is 2.48 bits per heavy atom. The van der Waals surface area contributed by atoms with Gasteiger partial charge in [0.15, 0.2) is 0 Å². The van der Waals surface area contributed by atoms with Gasteiger partial charge in [-0.05, 0) is 36.6 Å². The first kappa shape index (κ1) is 21.1. The minimum Gasteiger partial charge on any atom is -0.356 e. The molecule has 2 aromatic rings. The number of benzene rings is 1. The molecule has 0 aliphatic carbocycles. The summed E-state index contributed by atoms with van der Waals surface area (Å²) < 4.78 is 26.1. The summed E-state index contributed by atoms with van der Waals surface area (Å²) in [5.74, 6) is 0.953. The Labute approximate surface area is 172 Å². The first-order chi connectivity index (χ1) is 13.9. The average molecular weight is 418 g/mol. The number of hydrogen-bond donors (Lipinski definition) is 2. The number of piperidine rings is 1. The molecule has 29 heavy (non-hydrogen) atoms. The van der Waals surface area contributed by atoms with Crippen molar-refractivity contribution in [3.05, 3.63) is 54.2 Å². The van der Waals surface area contributed by atoms with E-state index in [1.54, 1.807) is 30.5 Å². The highest BCUT2D eigenvalue weighted by Crippen LogP contribution is 2.19. The summed E-state index contributed by atoms with van der Waals surface area (Å²) in [7, 11) is -0.586. The van der Waals surface area contributed by atoms with Crippen LogP contribution in [0.25, 0.3) is 0 Å². The Morgan fingerprint density at radius 2 is 1.83 bits per heavy atom. The molecule has 156 valence electrons. The number of carbonyl (C=O) groups is 1. The van der Waals surface area contributed by atoms with E-state index in [0.717, 1.165) is 31.7 Å². The van der Waals surface area contributed by atoms with Gasteiger partial charge in [-0.3, -0.25) is 0 Å². The molecule has 2 N–H and O–H groups in total. The van der Waals surface area contributed by atoms with Crippen LogP contribution < -0.4 is 15.5 Å². The maximum atomic E-state index is 12.4. The van der Waals surface area contributed by atoms with Crippen LogP contribution in [0, 0.1) is 0 Å². The lowest BCUT2D eigenvalue weighted by Gasteiger charge is -2.33. The van der Waals surface area contributed by atoms with Crippen molar-refractivity contribution in [2.24, 2.45) is 0 Å². The van der Waals surface area contributed by atoms with Crippen LogP contribution in [0.2, 0.25) is 0 Å². The maximum absolute atomic E-state index is 12.4. The maximum Gasteiger partial charge on any atom is 0.315 e. The Kier molecular flexibility index (Phi) is 6.71. The van der Waals surface area contributed by atoms with E-state index >= 15 is 0 Å². The Morgan fingerprint density at radius 1 is 1.14 bits per heavy atom. The number of anilines is 1. The van der Waals surface area contributed by atoms with E-state index in [0.29, 0.717) is 5.56 Å². The van der Waals surface area contributed by atoms with Crippen LogP contribution in [0.3, 0.4) is 0 Å². The third-order valence-corrected chi connectivity index (χ3v) is 6.89. The fourth-order valence-corrected chi connectivity index (χ4v) is 4.42. The molecule has 2 heterocycles. The minimum absolute atomic E-state index is 0.0794. The van der Waals surface area contributed by atoms with Crippen molar-refractivity contribution in [1.29, 1.82) is 0 Å². The second-order valence-electron chi connectivity index (χ2n) is 7.17. The van der Waals surface area contributed by atoms with E-state index in [4.69, 9.17) is 0 Å². The lowest BCUT2D eigenvalue weighted by Crippen LogP contribution is -2.48. The fraction of sp³-hybridized carbons (Fsp3) is 0.400. The van der Waals surface area contributed by atoms with Gasteiger partial charge < -0.3 is 15.5 Å². The van der Waals surface area contributed by atoms with Crippen molar-refractivity contribution in [2.75, 3.05) is 32.1 Å². The van der Waals surface area contributed by atoms with E-state index in [2.05, 4.69) is 20.5 Å². The van der Waals surface area contributed by atoms with Gasteiger partial charge in [0.25, 0.3) is 0 Å². The molecule has 0 spiro atoms. The quantitative estimate of drug-likeness (QED) is 0.747.